The lowest BCUT2D eigenvalue weighted by Crippen LogP contribution is -2.04. The molecule has 15 heavy (non-hydrogen) atoms. The van der Waals surface area contributed by atoms with E-state index in [2.05, 4.69) is 16.1 Å². The number of halogens is 1. The average molecular weight is 222 g/mol. The molecular formula is C11H12ClN3. The fourth-order valence-corrected chi connectivity index (χ4v) is 1.71. The molecule has 0 aromatic carbocycles. The molecule has 0 N–H and O–H groups in total. The van der Waals surface area contributed by atoms with E-state index in [1.54, 1.807) is 12.4 Å². The van der Waals surface area contributed by atoms with Gasteiger partial charge in [-0.05, 0) is 31.5 Å². The summed E-state index contributed by atoms with van der Waals surface area (Å²) in [5.41, 5.74) is 3.20. The van der Waals surface area contributed by atoms with Crippen LogP contribution in [0.4, 0.5) is 0 Å². The van der Waals surface area contributed by atoms with Crippen LogP contribution in [0.3, 0.4) is 0 Å². The van der Waals surface area contributed by atoms with Gasteiger partial charge in [-0.25, -0.2) is 0 Å². The summed E-state index contributed by atoms with van der Waals surface area (Å²) in [6, 6.07) is 3.97. The van der Waals surface area contributed by atoms with Crippen LogP contribution in [0.1, 0.15) is 17.0 Å². The highest BCUT2D eigenvalue weighted by Gasteiger charge is 2.04. The van der Waals surface area contributed by atoms with Gasteiger partial charge in [0.2, 0.25) is 0 Å². The molecule has 2 aromatic heterocycles. The van der Waals surface area contributed by atoms with Crippen molar-refractivity contribution in [1.29, 1.82) is 0 Å². The SMILES string of the molecule is Cc1cc(C)n(Cc2ccncc2Cl)n1. The van der Waals surface area contributed by atoms with E-state index in [1.165, 1.54) is 0 Å². The minimum Gasteiger partial charge on any atom is -0.265 e. The third-order valence-electron chi connectivity index (χ3n) is 2.28. The summed E-state index contributed by atoms with van der Waals surface area (Å²) >= 11 is 6.03. The normalized spacial score (nSPS) is 10.6. The van der Waals surface area contributed by atoms with E-state index in [0.717, 1.165) is 17.0 Å². The fourth-order valence-electron chi connectivity index (χ4n) is 1.53. The van der Waals surface area contributed by atoms with Gasteiger partial charge in [0.15, 0.2) is 0 Å². The Morgan fingerprint density at radius 1 is 1.40 bits per heavy atom. The van der Waals surface area contributed by atoms with Crippen LogP contribution < -0.4 is 0 Å². The molecule has 2 rings (SSSR count). The molecule has 0 saturated carbocycles. The van der Waals surface area contributed by atoms with Crippen LogP contribution in [0.15, 0.2) is 24.5 Å². The molecule has 3 nitrogen and oxygen atoms in total. The van der Waals surface area contributed by atoms with Crippen molar-refractivity contribution in [2.24, 2.45) is 0 Å². The van der Waals surface area contributed by atoms with Crippen LogP contribution in [-0.2, 0) is 6.54 Å². The molecule has 4 heteroatoms. The van der Waals surface area contributed by atoms with Gasteiger partial charge in [-0.2, -0.15) is 5.10 Å². The second-order valence-electron chi connectivity index (χ2n) is 3.55. The van der Waals surface area contributed by atoms with Crippen molar-refractivity contribution >= 4 is 11.6 Å². The van der Waals surface area contributed by atoms with Crippen LogP contribution in [-0.4, -0.2) is 14.8 Å². The number of hydrogen-bond acceptors (Lipinski definition) is 2. The lowest BCUT2D eigenvalue weighted by atomic mass is 10.2. The molecule has 0 atom stereocenters. The molecule has 0 fully saturated rings. The zero-order valence-electron chi connectivity index (χ0n) is 8.74. The first-order valence-corrected chi connectivity index (χ1v) is 5.14. The molecule has 0 spiro atoms. The Morgan fingerprint density at radius 3 is 2.80 bits per heavy atom. The zero-order valence-corrected chi connectivity index (χ0v) is 9.49. The standard InChI is InChI=1S/C11H12ClN3/c1-8-5-9(2)15(14-8)7-10-3-4-13-6-11(10)12/h3-6H,7H2,1-2H3. The van der Waals surface area contributed by atoms with Gasteiger partial charge in [0.05, 0.1) is 17.3 Å². The largest absolute Gasteiger partial charge is 0.265 e. The Bertz CT molecular complexity index is 476. The number of pyridine rings is 1. The van der Waals surface area contributed by atoms with Crippen molar-refractivity contribution in [3.05, 3.63) is 46.5 Å². The van der Waals surface area contributed by atoms with E-state index < -0.39 is 0 Å². The van der Waals surface area contributed by atoms with Gasteiger partial charge in [-0.1, -0.05) is 11.6 Å². The van der Waals surface area contributed by atoms with Gasteiger partial charge in [-0.15, -0.1) is 0 Å². The van der Waals surface area contributed by atoms with Crippen molar-refractivity contribution in [2.75, 3.05) is 0 Å². The molecule has 0 aliphatic heterocycles. The van der Waals surface area contributed by atoms with Crippen LogP contribution in [0.25, 0.3) is 0 Å². The van der Waals surface area contributed by atoms with E-state index in [9.17, 15) is 0 Å². The highest BCUT2D eigenvalue weighted by Crippen LogP contribution is 2.15. The Kier molecular flexibility index (Phi) is 2.73. The number of aromatic nitrogens is 3. The fraction of sp³-hybridized carbons (Fsp3) is 0.273. The van der Waals surface area contributed by atoms with Crippen molar-refractivity contribution < 1.29 is 0 Å². The maximum absolute atomic E-state index is 6.03. The topological polar surface area (TPSA) is 30.7 Å². The first kappa shape index (κ1) is 10.2. The monoisotopic (exact) mass is 221 g/mol. The summed E-state index contributed by atoms with van der Waals surface area (Å²) in [4.78, 5) is 3.95. The Morgan fingerprint density at radius 2 is 2.20 bits per heavy atom. The number of nitrogens with zero attached hydrogens (tertiary/aromatic N) is 3. The third kappa shape index (κ3) is 2.18. The Hall–Kier alpha value is -1.35. The van der Waals surface area contributed by atoms with Gasteiger partial charge < -0.3 is 0 Å². The van der Waals surface area contributed by atoms with Gasteiger partial charge in [-0.3, -0.25) is 9.67 Å². The highest BCUT2D eigenvalue weighted by molar-refractivity contribution is 6.31. The van der Waals surface area contributed by atoms with Gasteiger partial charge in [0.25, 0.3) is 0 Å². The highest BCUT2D eigenvalue weighted by atomic mass is 35.5. The van der Waals surface area contributed by atoms with Crippen molar-refractivity contribution in [3.8, 4) is 0 Å². The third-order valence-corrected chi connectivity index (χ3v) is 2.62. The van der Waals surface area contributed by atoms with Crippen molar-refractivity contribution in [2.45, 2.75) is 20.4 Å². The number of aryl methyl sites for hydroxylation is 2. The van der Waals surface area contributed by atoms with Crippen LogP contribution in [0.2, 0.25) is 5.02 Å². The average Bonchev–Trinajstić information content (AvgIpc) is 2.49. The van der Waals surface area contributed by atoms with Gasteiger partial charge >= 0.3 is 0 Å². The van der Waals surface area contributed by atoms with Crippen molar-refractivity contribution in [1.82, 2.24) is 14.8 Å². The van der Waals surface area contributed by atoms with Gasteiger partial charge in [0, 0.05) is 18.1 Å². The molecule has 0 amide bonds. The summed E-state index contributed by atoms with van der Waals surface area (Å²) in [5, 5.41) is 5.07. The van der Waals surface area contributed by atoms with E-state index in [-0.39, 0.29) is 0 Å². The number of rotatable bonds is 2. The lowest BCUT2D eigenvalue weighted by Gasteiger charge is -2.05. The Balaban J connectivity index is 2.29. The first-order chi connectivity index (χ1) is 7.16. The quantitative estimate of drug-likeness (QED) is 0.781. The van der Waals surface area contributed by atoms with E-state index in [1.807, 2.05) is 24.6 Å². The molecule has 0 aliphatic rings. The van der Waals surface area contributed by atoms with Crippen LogP contribution in [0, 0.1) is 13.8 Å². The minimum atomic E-state index is 0.685. The Labute approximate surface area is 93.7 Å². The maximum atomic E-state index is 6.03. The molecule has 0 aliphatic carbocycles. The van der Waals surface area contributed by atoms with Crippen molar-refractivity contribution in [3.63, 3.8) is 0 Å². The zero-order chi connectivity index (χ0) is 10.8. The molecule has 0 radical (unpaired) electrons. The maximum Gasteiger partial charge on any atom is 0.0678 e. The predicted molar refractivity (Wildman–Crippen MR) is 60.1 cm³/mol. The van der Waals surface area contributed by atoms with E-state index in [4.69, 9.17) is 11.6 Å². The summed E-state index contributed by atoms with van der Waals surface area (Å²) in [6.45, 7) is 4.72. The summed E-state index contributed by atoms with van der Waals surface area (Å²) in [6.07, 6.45) is 3.40. The molecular weight excluding hydrogens is 210 g/mol. The molecule has 2 heterocycles. The molecule has 78 valence electrons. The van der Waals surface area contributed by atoms with Gasteiger partial charge in [0.1, 0.15) is 0 Å². The molecule has 2 aromatic rings. The second kappa shape index (κ2) is 4.03. The summed E-state index contributed by atoms with van der Waals surface area (Å²) in [7, 11) is 0. The lowest BCUT2D eigenvalue weighted by molar-refractivity contribution is 0.658. The molecule has 0 bridgehead atoms. The second-order valence-corrected chi connectivity index (χ2v) is 3.96. The van der Waals surface area contributed by atoms with Crippen LogP contribution in [0.5, 0.6) is 0 Å². The molecule has 0 saturated heterocycles. The van der Waals surface area contributed by atoms with Crippen LogP contribution >= 0.6 is 11.6 Å². The smallest absolute Gasteiger partial charge is 0.0678 e. The number of hydrogen-bond donors (Lipinski definition) is 0. The summed E-state index contributed by atoms with van der Waals surface area (Å²) in [5.74, 6) is 0. The predicted octanol–water partition coefficient (Wildman–Crippen LogP) is 2.60. The minimum absolute atomic E-state index is 0.685. The summed E-state index contributed by atoms with van der Waals surface area (Å²) < 4.78 is 1.94. The molecule has 0 unspecified atom stereocenters. The van der Waals surface area contributed by atoms with E-state index in [0.29, 0.717) is 11.6 Å². The van der Waals surface area contributed by atoms with E-state index >= 15 is 0 Å². The first-order valence-electron chi connectivity index (χ1n) is 4.76.